The molecule has 0 spiro atoms. The lowest BCUT2D eigenvalue weighted by atomic mass is 10.1. The Morgan fingerprint density at radius 2 is 1.81 bits per heavy atom. The molecule has 2 aromatic heterocycles. The van der Waals surface area contributed by atoms with E-state index in [-0.39, 0.29) is 0 Å². The predicted octanol–water partition coefficient (Wildman–Crippen LogP) is 5.77. The zero-order valence-electron chi connectivity index (χ0n) is 15.2. The number of para-hydroxylation sites is 1. The molecule has 0 saturated heterocycles. The van der Waals surface area contributed by atoms with Crippen LogP contribution in [0.4, 0.5) is 0 Å². The van der Waals surface area contributed by atoms with Crippen molar-refractivity contribution in [2.24, 2.45) is 0 Å². The quantitative estimate of drug-likeness (QED) is 0.318. The fourth-order valence-corrected chi connectivity index (χ4v) is 4.35. The lowest BCUT2D eigenvalue weighted by Crippen LogP contribution is -2.01. The molecule has 0 aliphatic carbocycles. The van der Waals surface area contributed by atoms with Crippen molar-refractivity contribution in [2.45, 2.75) is 31.3 Å². The van der Waals surface area contributed by atoms with E-state index in [1.54, 1.807) is 11.8 Å². The summed E-state index contributed by atoms with van der Waals surface area (Å²) in [5.41, 5.74) is 4.22. The second-order valence-electron chi connectivity index (χ2n) is 6.29. The molecule has 0 fully saturated rings. The standard InChI is InChI=1S/C21H19ClN4S/c1-3-26-20(17-10-6-4-8-14(17)2)24-25-21(26)27-13-16-12-15-9-5-7-11-18(15)23-19(16)22/h4-12H,3,13H2,1-2H3. The Bertz CT molecular complexity index is 1110. The molecular weight excluding hydrogens is 376 g/mol. The highest BCUT2D eigenvalue weighted by Gasteiger charge is 2.15. The number of rotatable bonds is 5. The van der Waals surface area contributed by atoms with E-state index in [1.807, 2.05) is 30.3 Å². The molecule has 0 radical (unpaired) electrons. The molecule has 6 heteroatoms. The number of pyridine rings is 1. The average molecular weight is 395 g/mol. The molecule has 0 aliphatic heterocycles. The summed E-state index contributed by atoms with van der Waals surface area (Å²) in [7, 11) is 0. The fourth-order valence-electron chi connectivity index (χ4n) is 3.08. The third-order valence-corrected chi connectivity index (χ3v) is 5.87. The van der Waals surface area contributed by atoms with Gasteiger partial charge in [0.15, 0.2) is 11.0 Å². The van der Waals surface area contributed by atoms with E-state index in [0.717, 1.165) is 39.6 Å². The Balaban J connectivity index is 1.62. The molecular formula is C21H19ClN4S. The van der Waals surface area contributed by atoms with E-state index < -0.39 is 0 Å². The van der Waals surface area contributed by atoms with Crippen molar-refractivity contribution < 1.29 is 0 Å². The topological polar surface area (TPSA) is 43.6 Å². The van der Waals surface area contributed by atoms with Crippen LogP contribution < -0.4 is 0 Å². The van der Waals surface area contributed by atoms with Gasteiger partial charge in [-0.25, -0.2) is 4.98 Å². The van der Waals surface area contributed by atoms with Gasteiger partial charge in [0.1, 0.15) is 5.15 Å². The summed E-state index contributed by atoms with van der Waals surface area (Å²) in [5.74, 6) is 1.60. The molecule has 0 bridgehead atoms. The predicted molar refractivity (Wildman–Crippen MR) is 112 cm³/mol. The molecule has 0 unspecified atom stereocenters. The summed E-state index contributed by atoms with van der Waals surface area (Å²) in [5, 5.41) is 11.4. The summed E-state index contributed by atoms with van der Waals surface area (Å²) < 4.78 is 2.15. The Morgan fingerprint density at radius 1 is 1.04 bits per heavy atom. The zero-order chi connectivity index (χ0) is 18.8. The maximum Gasteiger partial charge on any atom is 0.191 e. The molecule has 2 aromatic carbocycles. The van der Waals surface area contributed by atoms with Crippen LogP contribution in [-0.2, 0) is 12.3 Å². The van der Waals surface area contributed by atoms with Crippen LogP contribution in [0.15, 0.2) is 59.8 Å². The Labute approximate surface area is 167 Å². The van der Waals surface area contributed by atoms with E-state index in [9.17, 15) is 0 Å². The first-order valence-corrected chi connectivity index (χ1v) is 10.2. The Kier molecular flexibility index (Phi) is 5.14. The van der Waals surface area contributed by atoms with Gasteiger partial charge >= 0.3 is 0 Å². The van der Waals surface area contributed by atoms with Gasteiger partial charge in [0, 0.05) is 28.8 Å². The van der Waals surface area contributed by atoms with Crippen molar-refractivity contribution in [3.63, 3.8) is 0 Å². The van der Waals surface area contributed by atoms with Crippen LogP contribution in [0.1, 0.15) is 18.1 Å². The number of fused-ring (bicyclic) bond motifs is 1. The minimum atomic E-state index is 0.544. The van der Waals surface area contributed by atoms with Gasteiger partial charge in [-0.05, 0) is 31.5 Å². The first kappa shape index (κ1) is 18.0. The highest BCUT2D eigenvalue weighted by Crippen LogP contribution is 2.30. The summed E-state index contributed by atoms with van der Waals surface area (Å²) in [6.45, 7) is 5.01. The monoisotopic (exact) mass is 394 g/mol. The van der Waals surface area contributed by atoms with Crippen LogP contribution in [0.5, 0.6) is 0 Å². The second kappa shape index (κ2) is 7.71. The van der Waals surface area contributed by atoms with Crippen molar-refractivity contribution in [2.75, 3.05) is 0 Å². The van der Waals surface area contributed by atoms with Crippen LogP contribution in [0.3, 0.4) is 0 Å². The third kappa shape index (κ3) is 3.57. The van der Waals surface area contributed by atoms with Gasteiger partial charge in [0.05, 0.1) is 5.52 Å². The van der Waals surface area contributed by atoms with Gasteiger partial charge in [0.25, 0.3) is 0 Å². The van der Waals surface area contributed by atoms with E-state index in [0.29, 0.717) is 10.9 Å². The highest BCUT2D eigenvalue weighted by atomic mass is 35.5. The summed E-state index contributed by atoms with van der Waals surface area (Å²) in [6, 6.07) is 18.4. The van der Waals surface area contributed by atoms with Gasteiger partial charge in [-0.15, -0.1) is 10.2 Å². The van der Waals surface area contributed by atoms with Crippen LogP contribution >= 0.6 is 23.4 Å². The maximum atomic E-state index is 6.40. The fraction of sp³-hybridized carbons (Fsp3) is 0.190. The molecule has 0 N–H and O–H groups in total. The number of aryl methyl sites for hydroxylation is 1. The molecule has 0 aliphatic rings. The largest absolute Gasteiger partial charge is 0.302 e. The van der Waals surface area contributed by atoms with Crippen LogP contribution in [0.25, 0.3) is 22.3 Å². The molecule has 0 saturated carbocycles. The van der Waals surface area contributed by atoms with Gasteiger partial charge in [-0.2, -0.15) is 0 Å². The first-order chi connectivity index (χ1) is 13.2. The lowest BCUT2D eigenvalue weighted by Gasteiger charge is -2.10. The highest BCUT2D eigenvalue weighted by molar-refractivity contribution is 7.98. The molecule has 0 atom stereocenters. The van der Waals surface area contributed by atoms with Crippen molar-refractivity contribution in [3.05, 3.63) is 70.9 Å². The number of hydrogen-bond acceptors (Lipinski definition) is 4. The number of aromatic nitrogens is 4. The SMILES string of the molecule is CCn1c(SCc2cc3ccccc3nc2Cl)nnc1-c1ccccc1C. The molecule has 4 nitrogen and oxygen atoms in total. The molecule has 136 valence electrons. The second-order valence-corrected chi connectivity index (χ2v) is 7.59. The van der Waals surface area contributed by atoms with Crippen LogP contribution in [-0.4, -0.2) is 19.7 Å². The summed E-state index contributed by atoms with van der Waals surface area (Å²) >= 11 is 8.03. The van der Waals surface area contributed by atoms with Gasteiger partial charge in [-0.1, -0.05) is 65.8 Å². The van der Waals surface area contributed by atoms with E-state index in [2.05, 4.69) is 57.9 Å². The number of halogens is 1. The van der Waals surface area contributed by atoms with Gasteiger partial charge < -0.3 is 4.57 Å². The number of thioether (sulfide) groups is 1. The van der Waals surface area contributed by atoms with Gasteiger partial charge in [0.2, 0.25) is 0 Å². The molecule has 2 heterocycles. The Morgan fingerprint density at radius 3 is 2.63 bits per heavy atom. The van der Waals surface area contributed by atoms with Crippen molar-refractivity contribution in [1.29, 1.82) is 0 Å². The molecule has 4 aromatic rings. The van der Waals surface area contributed by atoms with Crippen LogP contribution in [0, 0.1) is 6.92 Å². The number of nitrogens with zero attached hydrogens (tertiary/aromatic N) is 4. The molecule has 0 amide bonds. The Hall–Kier alpha value is -2.37. The van der Waals surface area contributed by atoms with Crippen molar-refractivity contribution in [3.8, 4) is 11.4 Å². The molecule has 27 heavy (non-hydrogen) atoms. The van der Waals surface area contributed by atoms with Crippen LogP contribution in [0.2, 0.25) is 5.15 Å². The third-order valence-electron chi connectivity index (χ3n) is 4.53. The lowest BCUT2D eigenvalue weighted by molar-refractivity contribution is 0.687. The van der Waals surface area contributed by atoms with E-state index in [4.69, 9.17) is 11.6 Å². The maximum absolute atomic E-state index is 6.40. The molecule has 4 rings (SSSR count). The summed E-state index contributed by atoms with van der Waals surface area (Å²) in [6.07, 6.45) is 0. The van der Waals surface area contributed by atoms with E-state index >= 15 is 0 Å². The smallest absolute Gasteiger partial charge is 0.191 e. The average Bonchev–Trinajstić information content (AvgIpc) is 3.09. The van der Waals surface area contributed by atoms with Gasteiger partial charge in [-0.3, -0.25) is 0 Å². The number of benzene rings is 2. The minimum absolute atomic E-state index is 0.544. The normalized spacial score (nSPS) is 11.2. The van der Waals surface area contributed by atoms with E-state index in [1.165, 1.54) is 5.56 Å². The summed E-state index contributed by atoms with van der Waals surface area (Å²) in [4.78, 5) is 4.50. The zero-order valence-corrected chi connectivity index (χ0v) is 16.8. The first-order valence-electron chi connectivity index (χ1n) is 8.83. The van der Waals surface area contributed by atoms with Crippen molar-refractivity contribution >= 4 is 34.3 Å². The number of hydrogen-bond donors (Lipinski definition) is 0. The van der Waals surface area contributed by atoms with Crippen molar-refractivity contribution in [1.82, 2.24) is 19.7 Å². The minimum Gasteiger partial charge on any atom is -0.302 e.